The molecular formula is C23H26N8O3S. The van der Waals surface area contributed by atoms with E-state index in [0.717, 1.165) is 47.7 Å². The summed E-state index contributed by atoms with van der Waals surface area (Å²) in [6.45, 7) is 5.72. The predicted octanol–water partition coefficient (Wildman–Crippen LogP) is 1.27. The van der Waals surface area contributed by atoms with E-state index >= 15 is 0 Å². The summed E-state index contributed by atoms with van der Waals surface area (Å²) in [5.41, 5.74) is 3.09. The number of aryl methyl sites for hydroxylation is 1. The SMILES string of the molecule is Cc1cc(N2CC(C(=O)NS(C)(=O)=O)C2)nc(N2CCc3nc(-c4ncccn4)ncc3C2C)c1. The second-order valence-corrected chi connectivity index (χ2v) is 10.7. The lowest BCUT2D eigenvalue weighted by atomic mass is 9.98. The number of nitrogens with zero attached hydrogens (tertiary/aromatic N) is 7. The number of rotatable bonds is 5. The molecule has 3 aromatic rings. The molecule has 182 valence electrons. The zero-order valence-corrected chi connectivity index (χ0v) is 20.5. The molecule has 1 amide bonds. The lowest BCUT2D eigenvalue weighted by Gasteiger charge is -2.40. The van der Waals surface area contributed by atoms with Gasteiger partial charge in [-0.1, -0.05) is 0 Å². The smallest absolute Gasteiger partial charge is 0.240 e. The maximum absolute atomic E-state index is 12.1. The number of fused-ring (bicyclic) bond motifs is 1. The molecule has 1 saturated heterocycles. The monoisotopic (exact) mass is 494 g/mol. The average molecular weight is 495 g/mol. The van der Waals surface area contributed by atoms with Crippen molar-refractivity contribution in [2.75, 3.05) is 35.7 Å². The molecule has 2 aliphatic heterocycles. The van der Waals surface area contributed by atoms with Gasteiger partial charge in [0, 0.05) is 50.2 Å². The minimum absolute atomic E-state index is 0.0244. The predicted molar refractivity (Wildman–Crippen MR) is 130 cm³/mol. The Morgan fingerprint density at radius 3 is 2.49 bits per heavy atom. The molecule has 12 heteroatoms. The first-order chi connectivity index (χ1) is 16.7. The van der Waals surface area contributed by atoms with Crippen LogP contribution < -0.4 is 14.5 Å². The summed E-state index contributed by atoms with van der Waals surface area (Å²) in [5.74, 6) is 1.79. The first kappa shape index (κ1) is 23.1. The number of carbonyl (C=O) groups excluding carboxylic acids is 1. The van der Waals surface area contributed by atoms with Gasteiger partial charge in [0.15, 0.2) is 11.6 Å². The zero-order valence-electron chi connectivity index (χ0n) is 19.7. The van der Waals surface area contributed by atoms with Gasteiger partial charge in [-0.3, -0.25) is 9.52 Å². The molecule has 0 aromatic carbocycles. The maximum Gasteiger partial charge on any atom is 0.240 e. The Morgan fingerprint density at radius 2 is 1.77 bits per heavy atom. The third kappa shape index (κ3) is 4.78. The van der Waals surface area contributed by atoms with Crippen molar-refractivity contribution in [1.82, 2.24) is 29.6 Å². The Labute approximate surface area is 203 Å². The van der Waals surface area contributed by atoms with E-state index in [1.54, 1.807) is 18.5 Å². The molecule has 0 radical (unpaired) electrons. The Hall–Kier alpha value is -3.67. The van der Waals surface area contributed by atoms with Crippen LogP contribution in [0.2, 0.25) is 0 Å². The first-order valence-corrected chi connectivity index (χ1v) is 13.2. The molecule has 5 rings (SSSR count). The van der Waals surface area contributed by atoms with Crippen molar-refractivity contribution in [3.05, 3.63) is 53.6 Å². The maximum atomic E-state index is 12.1. The Balaban J connectivity index is 1.33. The molecule has 11 nitrogen and oxygen atoms in total. The van der Waals surface area contributed by atoms with E-state index in [1.807, 2.05) is 30.2 Å². The molecule has 1 fully saturated rings. The van der Waals surface area contributed by atoms with Crippen LogP contribution in [0.4, 0.5) is 11.6 Å². The van der Waals surface area contributed by atoms with Crippen molar-refractivity contribution in [3.63, 3.8) is 0 Å². The van der Waals surface area contributed by atoms with Crippen LogP contribution >= 0.6 is 0 Å². The molecule has 0 spiro atoms. The molecular weight excluding hydrogens is 468 g/mol. The highest BCUT2D eigenvalue weighted by Crippen LogP contribution is 2.34. The van der Waals surface area contributed by atoms with Gasteiger partial charge in [0.1, 0.15) is 11.6 Å². The van der Waals surface area contributed by atoms with Crippen LogP contribution in [0.3, 0.4) is 0 Å². The van der Waals surface area contributed by atoms with E-state index < -0.39 is 15.9 Å². The summed E-state index contributed by atoms with van der Waals surface area (Å²) < 4.78 is 24.7. The van der Waals surface area contributed by atoms with E-state index in [0.29, 0.717) is 24.7 Å². The van der Waals surface area contributed by atoms with Gasteiger partial charge in [-0.25, -0.2) is 33.3 Å². The van der Waals surface area contributed by atoms with E-state index in [-0.39, 0.29) is 12.0 Å². The normalized spacial score (nSPS) is 18.1. The van der Waals surface area contributed by atoms with Gasteiger partial charge in [0.05, 0.1) is 23.9 Å². The van der Waals surface area contributed by atoms with Crippen LogP contribution in [0.15, 0.2) is 36.8 Å². The van der Waals surface area contributed by atoms with Crippen molar-refractivity contribution in [2.45, 2.75) is 26.3 Å². The summed E-state index contributed by atoms with van der Waals surface area (Å²) in [7, 11) is -3.56. The molecule has 1 atom stereocenters. The van der Waals surface area contributed by atoms with Gasteiger partial charge in [0.2, 0.25) is 15.9 Å². The Morgan fingerprint density at radius 1 is 1.06 bits per heavy atom. The van der Waals surface area contributed by atoms with Crippen molar-refractivity contribution >= 4 is 27.6 Å². The minimum atomic E-state index is -3.56. The van der Waals surface area contributed by atoms with Gasteiger partial charge < -0.3 is 9.80 Å². The van der Waals surface area contributed by atoms with Gasteiger partial charge in [-0.05, 0) is 37.6 Å². The highest BCUT2D eigenvalue weighted by molar-refractivity contribution is 7.89. The third-order valence-electron chi connectivity index (χ3n) is 6.27. The minimum Gasteiger partial charge on any atom is -0.355 e. The first-order valence-electron chi connectivity index (χ1n) is 11.3. The fourth-order valence-corrected chi connectivity index (χ4v) is 4.97. The van der Waals surface area contributed by atoms with E-state index in [1.165, 1.54) is 0 Å². The number of amides is 1. The number of pyridine rings is 1. The summed E-state index contributed by atoms with van der Waals surface area (Å²) >= 11 is 0. The van der Waals surface area contributed by atoms with Crippen molar-refractivity contribution < 1.29 is 13.2 Å². The second-order valence-electron chi connectivity index (χ2n) is 8.99. The highest BCUT2D eigenvalue weighted by Gasteiger charge is 2.35. The molecule has 5 heterocycles. The van der Waals surface area contributed by atoms with Gasteiger partial charge in [0.25, 0.3) is 0 Å². The number of carbonyl (C=O) groups is 1. The Bertz CT molecular complexity index is 1380. The van der Waals surface area contributed by atoms with E-state index in [9.17, 15) is 13.2 Å². The Kier molecular flexibility index (Phi) is 5.83. The highest BCUT2D eigenvalue weighted by atomic mass is 32.2. The van der Waals surface area contributed by atoms with Crippen molar-refractivity contribution in [3.8, 4) is 11.6 Å². The molecule has 2 aliphatic rings. The average Bonchev–Trinajstić information content (AvgIpc) is 2.77. The molecule has 1 unspecified atom stereocenters. The fraction of sp³-hybridized carbons (Fsp3) is 0.391. The lowest BCUT2D eigenvalue weighted by molar-refractivity contribution is -0.123. The van der Waals surface area contributed by atoms with Crippen molar-refractivity contribution in [1.29, 1.82) is 0 Å². The topological polar surface area (TPSA) is 134 Å². The second kappa shape index (κ2) is 8.84. The largest absolute Gasteiger partial charge is 0.355 e. The fourth-order valence-electron chi connectivity index (χ4n) is 4.44. The van der Waals surface area contributed by atoms with E-state index in [4.69, 9.17) is 9.97 Å². The van der Waals surface area contributed by atoms with Crippen LogP contribution in [0, 0.1) is 12.8 Å². The summed E-state index contributed by atoms with van der Waals surface area (Å²) in [6, 6.07) is 5.81. The number of anilines is 2. The summed E-state index contributed by atoms with van der Waals surface area (Å²) in [4.78, 5) is 38.9. The number of hydrogen-bond donors (Lipinski definition) is 1. The molecule has 35 heavy (non-hydrogen) atoms. The number of sulfonamides is 1. The van der Waals surface area contributed by atoms with Gasteiger partial charge in [-0.15, -0.1) is 0 Å². The molecule has 1 N–H and O–H groups in total. The van der Waals surface area contributed by atoms with Crippen molar-refractivity contribution in [2.24, 2.45) is 5.92 Å². The van der Waals surface area contributed by atoms with E-state index in [2.05, 4.69) is 31.5 Å². The zero-order chi connectivity index (χ0) is 24.7. The summed E-state index contributed by atoms with van der Waals surface area (Å²) in [5, 5.41) is 0. The molecule has 0 saturated carbocycles. The van der Waals surface area contributed by atoms with Crippen LogP contribution in [0.25, 0.3) is 11.6 Å². The number of hydrogen-bond acceptors (Lipinski definition) is 10. The van der Waals surface area contributed by atoms with Gasteiger partial charge >= 0.3 is 0 Å². The van der Waals surface area contributed by atoms with Crippen LogP contribution in [-0.2, 0) is 21.2 Å². The number of nitrogens with one attached hydrogen (secondary N) is 1. The molecule has 3 aromatic heterocycles. The van der Waals surface area contributed by atoms with Crippen LogP contribution in [0.5, 0.6) is 0 Å². The molecule has 0 aliphatic carbocycles. The standard InChI is InChI=1S/C23H26N8O3S/c1-14-9-19(30-12-16(13-30)23(32)29-35(3,33)34)28-20(10-14)31-8-5-18-17(15(31)2)11-26-22(27-18)21-24-6-4-7-25-21/h4,6-7,9-11,15-16H,5,8,12-13H2,1-3H3,(H,29,32). The van der Waals surface area contributed by atoms with Crippen LogP contribution in [0.1, 0.15) is 29.8 Å². The van der Waals surface area contributed by atoms with Crippen LogP contribution in [-0.4, -0.2) is 65.1 Å². The molecule has 0 bridgehead atoms. The van der Waals surface area contributed by atoms with Gasteiger partial charge in [-0.2, -0.15) is 0 Å². The quantitative estimate of drug-likeness (QED) is 0.552. The third-order valence-corrected chi connectivity index (χ3v) is 6.84. The lowest BCUT2D eigenvalue weighted by Crippen LogP contribution is -2.54. The number of aromatic nitrogens is 5. The summed E-state index contributed by atoms with van der Waals surface area (Å²) in [6.07, 6.45) is 6.92.